The molecule has 0 radical (unpaired) electrons. The first-order valence-corrected chi connectivity index (χ1v) is 14.7. The van der Waals surface area contributed by atoms with Crippen LogP contribution in [0.2, 0.25) is 0 Å². The van der Waals surface area contributed by atoms with Crippen LogP contribution in [0.3, 0.4) is 0 Å². The second kappa shape index (κ2) is 8.75. The van der Waals surface area contributed by atoms with E-state index < -0.39 is 30.2 Å². The third kappa shape index (κ3) is 3.79. The third-order valence-corrected chi connectivity index (χ3v) is 12.7. The highest BCUT2D eigenvalue weighted by atomic mass is 16.7. The van der Waals surface area contributed by atoms with Crippen LogP contribution in [0, 0.1) is 45.3 Å². The van der Waals surface area contributed by atoms with Crippen molar-refractivity contribution in [2.75, 3.05) is 7.11 Å². The Hall–Kier alpha value is -0.500. The van der Waals surface area contributed by atoms with Gasteiger partial charge < -0.3 is 29.9 Å². The third-order valence-electron chi connectivity index (χ3n) is 12.7. The highest BCUT2D eigenvalue weighted by molar-refractivity contribution is 5.36. The predicted octanol–water partition coefficient (Wildman–Crippen LogP) is 4.43. The number of hydrogen-bond acceptors (Lipinski definition) is 6. The van der Waals surface area contributed by atoms with E-state index in [1.165, 1.54) is 5.57 Å². The largest absolute Gasteiger partial charge is 0.393 e. The van der Waals surface area contributed by atoms with E-state index >= 15 is 0 Å². The van der Waals surface area contributed by atoms with Crippen LogP contribution in [-0.4, -0.2) is 63.8 Å². The first-order valence-electron chi connectivity index (χ1n) is 14.7. The first kappa shape index (κ1) is 28.0. The summed E-state index contributed by atoms with van der Waals surface area (Å²) < 4.78 is 12.0. The molecule has 1 heterocycles. The zero-order valence-electron chi connectivity index (χ0n) is 24.3. The SMILES string of the molecule is COC1OC(C(O)C(C)(C)O)CC1C1CC=C2C1(C)CCC1C3(C)CCC(O)C(C)(C)C3CC(O)C21C. The Morgan fingerprint density at radius 3 is 2.30 bits per heavy atom. The molecule has 12 atom stereocenters. The van der Waals surface area contributed by atoms with E-state index in [0.717, 1.165) is 38.5 Å². The topological polar surface area (TPSA) is 99.4 Å². The van der Waals surface area contributed by atoms with Crippen LogP contribution in [-0.2, 0) is 9.47 Å². The molecular formula is C31H52O6. The van der Waals surface area contributed by atoms with Crippen molar-refractivity contribution in [2.24, 2.45) is 45.3 Å². The van der Waals surface area contributed by atoms with Gasteiger partial charge in [0.25, 0.3) is 0 Å². The van der Waals surface area contributed by atoms with Crippen molar-refractivity contribution in [1.82, 2.24) is 0 Å². The van der Waals surface area contributed by atoms with E-state index in [-0.39, 0.29) is 33.7 Å². The summed E-state index contributed by atoms with van der Waals surface area (Å²) in [6, 6.07) is 0. The van der Waals surface area contributed by atoms with Gasteiger partial charge in [0.2, 0.25) is 0 Å². The number of fused-ring (bicyclic) bond motifs is 5. The second-order valence-corrected chi connectivity index (χ2v) is 15.2. The number of allylic oxidation sites excluding steroid dienone is 1. The number of ether oxygens (including phenoxy) is 2. The number of hydrogen-bond donors (Lipinski definition) is 4. The standard InChI is InChI=1S/C31H52O6/c1-27(2)22-16-24(33)31(7)20-10-9-18(17-15-19(37-26(17)36-8)25(34)28(3,4)35)29(20,5)13-11-21(31)30(22,6)14-12-23(27)32/h10,17-19,21-26,32-35H,9,11-16H2,1-8H3. The molecule has 1 aliphatic heterocycles. The fourth-order valence-electron chi connectivity index (χ4n) is 10.6. The highest BCUT2D eigenvalue weighted by Gasteiger charge is 2.68. The van der Waals surface area contributed by atoms with Gasteiger partial charge in [0, 0.05) is 18.4 Å². The summed E-state index contributed by atoms with van der Waals surface area (Å²) in [5.74, 6) is 1.08. The summed E-state index contributed by atoms with van der Waals surface area (Å²) in [5, 5.41) is 44.0. The molecule has 4 aliphatic carbocycles. The van der Waals surface area contributed by atoms with Crippen LogP contribution >= 0.6 is 0 Å². The van der Waals surface area contributed by atoms with Gasteiger partial charge in [-0.05, 0) is 92.8 Å². The van der Waals surface area contributed by atoms with E-state index in [4.69, 9.17) is 9.47 Å². The van der Waals surface area contributed by atoms with Gasteiger partial charge in [-0.25, -0.2) is 0 Å². The van der Waals surface area contributed by atoms with Crippen molar-refractivity contribution in [3.05, 3.63) is 11.6 Å². The molecule has 4 N–H and O–H groups in total. The Balaban J connectivity index is 1.45. The average Bonchev–Trinajstić information content (AvgIpc) is 3.38. The van der Waals surface area contributed by atoms with E-state index in [1.54, 1.807) is 21.0 Å². The molecule has 37 heavy (non-hydrogen) atoms. The van der Waals surface area contributed by atoms with Crippen molar-refractivity contribution in [3.63, 3.8) is 0 Å². The number of rotatable bonds is 4. The van der Waals surface area contributed by atoms with Gasteiger partial charge in [-0.15, -0.1) is 0 Å². The predicted molar refractivity (Wildman–Crippen MR) is 142 cm³/mol. The molecule has 12 unspecified atom stereocenters. The Morgan fingerprint density at radius 1 is 1.00 bits per heavy atom. The highest BCUT2D eigenvalue weighted by Crippen LogP contribution is 2.73. The second-order valence-electron chi connectivity index (χ2n) is 15.2. The zero-order valence-corrected chi connectivity index (χ0v) is 24.3. The molecule has 5 aliphatic rings. The first-order chi connectivity index (χ1) is 17.0. The van der Waals surface area contributed by atoms with Gasteiger partial charge in [0.1, 0.15) is 6.10 Å². The Morgan fingerprint density at radius 2 is 1.68 bits per heavy atom. The summed E-state index contributed by atoms with van der Waals surface area (Å²) in [5.41, 5.74) is -0.307. The molecule has 6 nitrogen and oxygen atoms in total. The summed E-state index contributed by atoms with van der Waals surface area (Å²) in [6.45, 7) is 14.8. The van der Waals surface area contributed by atoms with Crippen molar-refractivity contribution >= 4 is 0 Å². The van der Waals surface area contributed by atoms with Gasteiger partial charge in [-0.3, -0.25) is 0 Å². The van der Waals surface area contributed by atoms with E-state index in [2.05, 4.69) is 40.7 Å². The van der Waals surface area contributed by atoms with Crippen molar-refractivity contribution in [1.29, 1.82) is 0 Å². The normalized spacial score (nSPS) is 52.2. The molecule has 6 heteroatoms. The zero-order chi connectivity index (χ0) is 27.3. The van der Waals surface area contributed by atoms with Crippen molar-refractivity contribution < 1.29 is 29.9 Å². The minimum Gasteiger partial charge on any atom is -0.393 e. The summed E-state index contributed by atoms with van der Waals surface area (Å²) in [4.78, 5) is 0. The minimum atomic E-state index is -1.24. The maximum atomic E-state index is 11.9. The Bertz CT molecular complexity index is 923. The van der Waals surface area contributed by atoms with E-state index in [9.17, 15) is 20.4 Å². The molecule has 0 spiro atoms. The molecule has 0 aromatic heterocycles. The van der Waals surface area contributed by atoms with Crippen LogP contribution < -0.4 is 0 Å². The number of aliphatic hydroxyl groups is 4. The lowest BCUT2D eigenvalue weighted by Crippen LogP contribution is -2.65. The van der Waals surface area contributed by atoms with Crippen LogP contribution in [0.25, 0.3) is 0 Å². The van der Waals surface area contributed by atoms with E-state index in [1.807, 2.05) is 0 Å². The molecule has 0 bridgehead atoms. The summed E-state index contributed by atoms with van der Waals surface area (Å²) in [6.07, 6.45) is 6.10. The maximum absolute atomic E-state index is 11.9. The molecule has 0 amide bonds. The fraction of sp³-hybridized carbons (Fsp3) is 0.935. The van der Waals surface area contributed by atoms with Crippen LogP contribution in [0.15, 0.2) is 11.6 Å². The molecule has 5 rings (SSSR count). The summed E-state index contributed by atoms with van der Waals surface area (Å²) >= 11 is 0. The van der Waals surface area contributed by atoms with Gasteiger partial charge in [0.05, 0.1) is 23.9 Å². The minimum absolute atomic E-state index is 0.0709. The molecule has 0 aromatic carbocycles. The Kier molecular flexibility index (Phi) is 6.63. The van der Waals surface area contributed by atoms with Gasteiger partial charge in [-0.1, -0.05) is 46.3 Å². The average molecular weight is 521 g/mol. The molecule has 3 saturated carbocycles. The summed E-state index contributed by atoms with van der Waals surface area (Å²) in [7, 11) is 1.67. The van der Waals surface area contributed by atoms with Crippen LogP contribution in [0.5, 0.6) is 0 Å². The molecule has 1 saturated heterocycles. The van der Waals surface area contributed by atoms with Crippen molar-refractivity contribution in [3.8, 4) is 0 Å². The lowest BCUT2D eigenvalue weighted by molar-refractivity contribution is -0.214. The molecule has 212 valence electrons. The fourth-order valence-corrected chi connectivity index (χ4v) is 10.6. The molecular weight excluding hydrogens is 468 g/mol. The van der Waals surface area contributed by atoms with Gasteiger partial charge in [0.15, 0.2) is 6.29 Å². The van der Waals surface area contributed by atoms with Crippen LogP contribution in [0.1, 0.15) is 93.4 Å². The molecule has 0 aromatic rings. The lowest BCUT2D eigenvalue weighted by atomic mass is 9.37. The molecule has 4 fully saturated rings. The van der Waals surface area contributed by atoms with E-state index in [0.29, 0.717) is 24.2 Å². The number of methoxy groups -OCH3 is 1. The van der Waals surface area contributed by atoms with Gasteiger partial charge in [-0.2, -0.15) is 0 Å². The number of aliphatic hydroxyl groups excluding tert-OH is 3. The smallest absolute Gasteiger partial charge is 0.160 e. The van der Waals surface area contributed by atoms with Crippen LogP contribution in [0.4, 0.5) is 0 Å². The monoisotopic (exact) mass is 520 g/mol. The lowest BCUT2D eigenvalue weighted by Gasteiger charge is -2.68. The van der Waals surface area contributed by atoms with Gasteiger partial charge >= 0.3 is 0 Å². The maximum Gasteiger partial charge on any atom is 0.160 e. The quantitative estimate of drug-likeness (QED) is 0.409. The van der Waals surface area contributed by atoms with Crippen molar-refractivity contribution in [2.45, 2.75) is 130 Å². The Labute approximate surface area is 223 Å².